The summed E-state index contributed by atoms with van der Waals surface area (Å²) in [4.78, 5) is 23.8. The number of benzene rings is 1. The van der Waals surface area contributed by atoms with Gasteiger partial charge in [0, 0.05) is 12.5 Å². The van der Waals surface area contributed by atoms with Gasteiger partial charge in [-0.3, -0.25) is 9.59 Å². The van der Waals surface area contributed by atoms with Gasteiger partial charge in [0.25, 0.3) is 5.91 Å². The van der Waals surface area contributed by atoms with Crippen LogP contribution in [0.1, 0.15) is 52.4 Å². The Morgan fingerprint density at radius 3 is 2.52 bits per heavy atom. The van der Waals surface area contributed by atoms with Gasteiger partial charge >= 0.3 is 5.97 Å². The zero-order chi connectivity index (χ0) is 19.5. The first kappa shape index (κ1) is 21.1. The fourth-order valence-electron chi connectivity index (χ4n) is 3.24. The average molecular weight is 377 g/mol. The summed E-state index contributed by atoms with van der Waals surface area (Å²) in [5, 5.41) is 2.98. The van der Waals surface area contributed by atoms with E-state index < -0.39 is 0 Å². The van der Waals surface area contributed by atoms with E-state index in [-0.39, 0.29) is 30.9 Å². The lowest BCUT2D eigenvalue weighted by Crippen LogP contribution is -2.42. The monoisotopic (exact) mass is 377 g/mol. The largest absolute Gasteiger partial charge is 0.490 e. The molecule has 150 valence electrons. The van der Waals surface area contributed by atoms with E-state index in [2.05, 4.69) is 12.2 Å². The van der Waals surface area contributed by atoms with Crippen LogP contribution in [0.2, 0.25) is 0 Å². The predicted molar refractivity (Wildman–Crippen MR) is 103 cm³/mol. The fraction of sp³-hybridized carbons (Fsp3) is 0.619. The molecule has 0 saturated heterocycles. The van der Waals surface area contributed by atoms with Crippen LogP contribution in [0.15, 0.2) is 24.3 Å². The van der Waals surface area contributed by atoms with Crippen molar-refractivity contribution in [1.82, 2.24) is 5.32 Å². The van der Waals surface area contributed by atoms with Gasteiger partial charge in [-0.2, -0.15) is 0 Å². The van der Waals surface area contributed by atoms with E-state index in [1.165, 1.54) is 6.42 Å². The first-order valence-electron chi connectivity index (χ1n) is 9.89. The maximum absolute atomic E-state index is 11.9. The van der Waals surface area contributed by atoms with Crippen molar-refractivity contribution in [3.05, 3.63) is 24.3 Å². The highest BCUT2D eigenvalue weighted by molar-refractivity contribution is 5.80. The highest BCUT2D eigenvalue weighted by atomic mass is 16.5. The molecule has 1 aliphatic rings. The molecule has 0 heterocycles. The number of hydrogen-bond donors (Lipinski definition) is 1. The molecule has 1 aromatic carbocycles. The zero-order valence-corrected chi connectivity index (χ0v) is 16.4. The number of carbonyl (C=O) groups is 2. The zero-order valence-electron chi connectivity index (χ0n) is 16.4. The minimum atomic E-state index is -0.386. The minimum Gasteiger partial charge on any atom is -0.490 e. The minimum absolute atomic E-state index is 0.198. The van der Waals surface area contributed by atoms with Crippen LogP contribution in [0.25, 0.3) is 0 Å². The lowest BCUT2D eigenvalue weighted by Gasteiger charge is -2.29. The summed E-state index contributed by atoms with van der Waals surface area (Å²) in [5.41, 5.74) is 0. The summed E-state index contributed by atoms with van der Waals surface area (Å²) in [6, 6.07) is 7.63. The summed E-state index contributed by atoms with van der Waals surface area (Å²) < 4.78 is 16.2. The Morgan fingerprint density at radius 1 is 1.11 bits per heavy atom. The standard InChI is InChI=1S/C21H31NO5/c1-3-25-18-11-6-7-12-19(18)26-14-8-13-21(24)27-15-20(23)22-17-10-5-4-9-16(17)2/h6-7,11-12,16-17H,3-5,8-10,13-15H2,1-2H3,(H,22,23)/t16-,17+/m0/s1. The van der Waals surface area contributed by atoms with Crippen molar-refractivity contribution in [3.63, 3.8) is 0 Å². The number of nitrogens with one attached hydrogen (secondary N) is 1. The highest BCUT2D eigenvalue weighted by Crippen LogP contribution is 2.26. The smallest absolute Gasteiger partial charge is 0.306 e. The second-order valence-electron chi connectivity index (χ2n) is 6.93. The molecule has 1 N–H and O–H groups in total. The lowest BCUT2D eigenvalue weighted by molar-refractivity contribution is -0.149. The molecule has 1 saturated carbocycles. The molecule has 0 radical (unpaired) electrons. The van der Waals surface area contributed by atoms with Crippen molar-refractivity contribution in [2.45, 2.75) is 58.4 Å². The van der Waals surface area contributed by atoms with Crippen molar-refractivity contribution in [2.75, 3.05) is 19.8 Å². The number of hydrogen-bond acceptors (Lipinski definition) is 5. The summed E-state index contributed by atoms with van der Waals surface area (Å²) in [5.74, 6) is 1.23. The molecule has 1 aliphatic carbocycles. The quantitative estimate of drug-likeness (QED) is 0.499. The summed E-state index contributed by atoms with van der Waals surface area (Å²) in [6.45, 7) is 4.80. The Morgan fingerprint density at radius 2 is 1.81 bits per heavy atom. The van der Waals surface area contributed by atoms with Gasteiger partial charge in [-0.15, -0.1) is 0 Å². The Bertz CT molecular complexity index is 604. The van der Waals surface area contributed by atoms with Crippen LogP contribution in [-0.2, 0) is 14.3 Å². The summed E-state index contributed by atoms with van der Waals surface area (Å²) >= 11 is 0. The molecule has 27 heavy (non-hydrogen) atoms. The molecular weight excluding hydrogens is 346 g/mol. The van der Waals surface area contributed by atoms with Crippen molar-refractivity contribution < 1.29 is 23.8 Å². The van der Waals surface area contributed by atoms with Crippen molar-refractivity contribution in [3.8, 4) is 11.5 Å². The Kier molecular flexibility index (Phi) is 8.95. The van der Waals surface area contributed by atoms with Crippen LogP contribution in [0, 0.1) is 5.92 Å². The van der Waals surface area contributed by atoms with Gasteiger partial charge in [-0.25, -0.2) is 0 Å². The van der Waals surface area contributed by atoms with Gasteiger partial charge in [-0.1, -0.05) is 31.9 Å². The first-order valence-corrected chi connectivity index (χ1v) is 9.89. The number of amides is 1. The maximum Gasteiger partial charge on any atom is 0.306 e. The Labute approximate surface area is 161 Å². The number of ether oxygens (including phenoxy) is 3. The van der Waals surface area contributed by atoms with Crippen molar-refractivity contribution >= 4 is 11.9 Å². The van der Waals surface area contributed by atoms with Crippen LogP contribution >= 0.6 is 0 Å². The van der Waals surface area contributed by atoms with Crippen molar-refractivity contribution in [2.24, 2.45) is 5.92 Å². The normalized spacial score (nSPS) is 19.2. The molecule has 1 amide bonds. The predicted octanol–water partition coefficient (Wildman–Crippen LogP) is 3.48. The molecule has 0 spiro atoms. The molecule has 0 unspecified atom stereocenters. The fourth-order valence-corrected chi connectivity index (χ4v) is 3.24. The summed E-state index contributed by atoms with van der Waals surface area (Å²) in [7, 11) is 0. The maximum atomic E-state index is 11.9. The van der Waals surface area contributed by atoms with E-state index in [1.54, 1.807) is 0 Å². The lowest BCUT2D eigenvalue weighted by atomic mass is 9.86. The van der Waals surface area contributed by atoms with Gasteiger partial charge < -0.3 is 19.5 Å². The third kappa shape index (κ3) is 7.49. The molecule has 0 aromatic heterocycles. The molecule has 2 rings (SSSR count). The van der Waals surface area contributed by atoms with E-state index in [0.29, 0.717) is 37.1 Å². The second kappa shape index (κ2) is 11.5. The van der Waals surface area contributed by atoms with Crippen LogP contribution in [-0.4, -0.2) is 37.7 Å². The van der Waals surface area contributed by atoms with E-state index in [1.807, 2.05) is 31.2 Å². The number of carbonyl (C=O) groups excluding carboxylic acids is 2. The van der Waals surface area contributed by atoms with E-state index >= 15 is 0 Å². The number of esters is 1. The van der Waals surface area contributed by atoms with Crippen molar-refractivity contribution in [1.29, 1.82) is 0 Å². The average Bonchev–Trinajstić information content (AvgIpc) is 2.67. The molecule has 6 heteroatoms. The van der Waals surface area contributed by atoms with Crippen LogP contribution in [0.3, 0.4) is 0 Å². The molecule has 6 nitrogen and oxygen atoms in total. The molecule has 0 aliphatic heterocycles. The van der Waals surface area contributed by atoms with E-state index in [4.69, 9.17) is 14.2 Å². The van der Waals surface area contributed by atoms with Gasteiger partial charge in [0.2, 0.25) is 0 Å². The van der Waals surface area contributed by atoms with Gasteiger partial charge in [0.1, 0.15) is 0 Å². The van der Waals surface area contributed by atoms with Gasteiger partial charge in [0.05, 0.1) is 13.2 Å². The highest BCUT2D eigenvalue weighted by Gasteiger charge is 2.23. The van der Waals surface area contributed by atoms with Crippen LogP contribution in [0.5, 0.6) is 11.5 Å². The third-order valence-corrected chi connectivity index (χ3v) is 4.75. The van der Waals surface area contributed by atoms with E-state index in [9.17, 15) is 9.59 Å². The molecule has 2 atom stereocenters. The molecule has 1 aromatic rings. The van der Waals surface area contributed by atoms with Crippen LogP contribution < -0.4 is 14.8 Å². The van der Waals surface area contributed by atoms with E-state index in [0.717, 1.165) is 19.3 Å². The first-order chi connectivity index (χ1) is 13.1. The molecule has 0 bridgehead atoms. The Balaban J connectivity index is 1.60. The Hall–Kier alpha value is -2.24. The van der Waals surface area contributed by atoms with Crippen LogP contribution in [0.4, 0.5) is 0 Å². The van der Waals surface area contributed by atoms with Gasteiger partial charge in [-0.05, 0) is 44.2 Å². The number of para-hydroxylation sites is 2. The summed E-state index contributed by atoms with van der Waals surface area (Å²) in [6.07, 6.45) is 5.23. The second-order valence-corrected chi connectivity index (χ2v) is 6.93. The third-order valence-electron chi connectivity index (χ3n) is 4.75. The SMILES string of the molecule is CCOc1ccccc1OCCCC(=O)OCC(=O)N[C@@H]1CCCC[C@@H]1C. The molecular formula is C21H31NO5. The number of rotatable bonds is 10. The van der Waals surface area contributed by atoms with Gasteiger partial charge in [0.15, 0.2) is 18.1 Å². The molecule has 1 fully saturated rings. The topological polar surface area (TPSA) is 73.9 Å².